The van der Waals surface area contributed by atoms with Crippen molar-refractivity contribution in [3.63, 3.8) is 0 Å². The molecule has 0 bridgehead atoms. The van der Waals surface area contributed by atoms with E-state index >= 15 is 0 Å². The zero-order valence-corrected chi connectivity index (χ0v) is 16.2. The van der Waals surface area contributed by atoms with Crippen molar-refractivity contribution in [1.82, 2.24) is 4.90 Å². The van der Waals surface area contributed by atoms with Crippen LogP contribution in [0.25, 0.3) is 6.08 Å². The largest absolute Gasteiger partial charge is 0.469 e. The first-order valence-corrected chi connectivity index (χ1v) is 9.44. The standard InChI is InChI=1S/C20H17NO4S2/c1-24-18(22)10-11-21-19(23)17(27-20(21)26)13-14-6-5-9-16(12-14)25-15-7-3-2-4-8-15/h2-9,12-13H,10-11H2,1H3. The molecular formula is C20H17NO4S2. The number of carbonyl (C=O) groups excluding carboxylic acids is 2. The molecule has 1 heterocycles. The summed E-state index contributed by atoms with van der Waals surface area (Å²) >= 11 is 6.48. The summed E-state index contributed by atoms with van der Waals surface area (Å²) < 4.78 is 10.9. The van der Waals surface area contributed by atoms with Crippen LogP contribution in [0.1, 0.15) is 12.0 Å². The molecule has 0 saturated carbocycles. The van der Waals surface area contributed by atoms with Crippen molar-refractivity contribution in [1.29, 1.82) is 0 Å². The van der Waals surface area contributed by atoms with E-state index in [1.165, 1.54) is 23.8 Å². The number of amides is 1. The summed E-state index contributed by atoms with van der Waals surface area (Å²) in [6.45, 7) is 0.214. The lowest BCUT2D eigenvalue weighted by Crippen LogP contribution is -2.30. The van der Waals surface area contributed by atoms with E-state index < -0.39 is 0 Å². The van der Waals surface area contributed by atoms with Crippen LogP contribution in [0.5, 0.6) is 11.5 Å². The third-order valence-corrected chi connectivity index (χ3v) is 5.15. The van der Waals surface area contributed by atoms with Crippen LogP contribution >= 0.6 is 24.0 Å². The normalized spacial score (nSPS) is 15.3. The molecule has 7 heteroatoms. The number of thiocarbonyl (C=S) groups is 1. The Balaban J connectivity index is 1.73. The summed E-state index contributed by atoms with van der Waals surface area (Å²) in [7, 11) is 1.32. The van der Waals surface area contributed by atoms with Gasteiger partial charge in [-0.25, -0.2) is 0 Å². The highest BCUT2D eigenvalue weighted by Crippen LogP contribution is 2.33. The Hall–Kier alpha value is -2.64. The molecule has 1 aliphatic rings. The lowest BCUT2D eigenvalue weighted by atomic mass is 10.2. The van der Waals surface area contributed by atoms with Crippen LogP contribution in [-0.4, -0.2) is 34.8 Å². The Morgan fingerprint density at radius 1 is 1.15 bits per heavy atom. The smallest absolute Gasteiger partial charge is 0.307 e. The predicted molar refractivity (Wildman–Crippen MR) is 109 cm³/mol. The van der Waals surface area contributed by atoms with Gasteiger partial charge in [0, 0.05) is 6.54 Å². The van der Waals surface area contributed by atoms with Gasteiger partial charge in [-0.15, -0.1) is 0 Å². The zero-order valence-electron chi connectivity index (χ0n) is 14.6. The predicted octanol–water partition coefficient (Wildman–Crippen LogP) is 4.24. The van der Waals surface area contributed by atoms with Gasteiger partial charge < -0.3 is 9.47 Å². The molecule has 0 aliphatic carbocycles. The lowest BCUT2D eigenvalue weighted by molar-refractivity contribution is -0.140. The van der Waals surface area contributed by atoms with Gasteiger partial charge in [0.15, 0.2) is 0 Å². The zero-order chi connectivity index (χ0) is 19.2. The maximum atomic E-state index is 12.6. The number of benzene rings is 2. The number of thioether (sulfide) groups is 1. The monoisotopic (exact) mass is 399 g/mol. The van der Waals surface area contributed by atoms with Gasteiger partial charge in [0.25, 0.3) is 5.91 Å². The second-order valence-corrected chi connectivity index (χ2v) is 7.32. The third kappa shape index (κ3) is 4.96. The van der Waals surface area contributed by atoms with Gasteiger partial charge in [0.1, 0.15) is 15.8 Å². The third-order valence-electron chi connectivity index (χ3n) is 3.78. The molecule has 5 nitrogen and oxygen atoms in total. The van der Waals surface area contributed by atoms with Crippen molar-refractivity contribution in [3.05, 3.63) is 65.1 Å². The van der Waals surface area contributed by atoms with E-state index in [0.29, 0.717) is 15.0 Å². The summed E-state index contributed by atoms with van der Waals surface area (Å²) in [5.74, 6) is 0.835. The maximum absolute atomic E-state index is 12.6. The van der Waals surface area contributed by atoms with Gasteiger partial charge in [-0.2, -0.15) is 0 Å². The highest BCUT2D eigenvalue weighted by molar-refractivity contribution is 8.26. The average molecular weight is 399 g/mol. The number of rotatable bonds is 6. The fourth-order valence-electron chi connectivity index (χ4n) is 2.44. The summed E-state index contributed by atoms with van der Waals surface area (Å²) in [5.41, 5.74) is 0.830. The minimum Gasteiger partial charge on any atom is -0.469 e. The van der Waals surface area contributed by atoms with Gasteiger partial charge in [-0.3, -0.25) is 14.5 Å². The van der Waals surface area contributed by atoms with Crippen LogP contribution in [-0.2, 0) is 14.3 Å². The van der Waals surface area contributed by atoms with Crippen LogP contribution in [0.2, 0.25) is 0 Å². The molecule has 27 heavy (non-hydrogen) atoms. The van der Waals surface area contributed by atoms with E-state index in [1.54, 1.807) is 6.08 Å². The summed E-state index contributed by atoms with van der Waals surface area (Å²) in [6.07, 6.45) is 1.88. The van der Waals surface area contributed by atoms with Crippen molar-refractivity contribution < 1.29 is 19.1 Å². The van der Waals surface area contributed by atoms with Gasteiger partial charge in [-0.05, 0) is 35.9 Å². The van der Waals surface area contributed by atoms with E-state index in [1.807, 2.05) is 54.6 Å². The minimum atomic E-state index is -0.376. The van der Waals surface area contributed by atoms with Crippen LogP contribution in [0.15, 0.2) is 59.5 Å². The molecule has 138 valence electrons. The number of ether oxygens (including phenoxy) is 2. The number of methoxy groups -OCH3 is 1. The Bertz CT molecular complexity index is 896. The highest BCUT2D eigenvalue weighted by Gasteiger charge is 2.32. The molecule has 2 aromatic rings. The minimum absolute atomic E-state index is 0.108. The van der Waals surface area contributed by atoms with E-state index in [-0.39, 0.29) is 24.8 Å². The van der Waals surface area contributed by atoms with E-state index in [2.05, 4.69) is 4.74 Å². The van der Waals surface area contributed by atoms with E-state index in [9.17, 15) is 9.59 Å². The molecule has 0 radical (unpaired) electrons. The maximum Gasteiger partial charge on any atom is 0.307 e. The van der Waals surface area contributed by atoms with E-state index in [0.717, 1.165) is 11.3 Å². The molecule has 3 rings (SSSR count). The molecule has 2 aromatic carbocycles. The topological polar surface area (TPSA) is 55.8 Å². The van der Waals surface area contributed by atoms with Crippen molar-refractivity contribution in [2.75, 3.05) is 13.7 Å². The van der Waals surface area contributed by atoms with Crippen LogP contribution in [0.3, 0.4) is 0 Å². The van der Waals surface area contributed by atoms with Crippen molar-refractivity contribution in [2.24, 2.45) is 0 Å². The van der Waals surface area contributed by atoms with Crippen molar-refractivity contribution in [2.45, 2.75) is 6.42 Å². The first-order valence-electron chi connectivity index (χ1n) is 8.22. The van der Waals surface area contributed by atoms with Crippen LogP contribution < -0.4 is 4.74 Å². The van der Waals surface area contributed by atoms with E-state index in [4.69, 9.17) is 17.0 Å². The van der Waals surface area contributed by atoms with Gasteiger partial charge in [0.2, 0.25) is 0 Å². The molecule has 0 spiro atoms. The van der Waals surface area contributed by atoms with Crippen molar-refractivity contribution in [3.8, 4) is 11.5 Å². The van der Waals surface area contributed by atoms with Crippen molar-refractivity contribution >= 4 is 46.3 Å². The molecule has 0 aromatic heterocycles. The number of carbonyl (C=O) groups is 2. The number of hydrogen-bond acceptors (Lipinski definition) is 6. The van der Waals surface area contributed by atoms with Crippen LogP contribution in [0.4, 0.5) is 0 Å². The fourth-order valence-corrected chi connectivity index (χ4v) is 3.75. The number of para-hydroxylation sites is 1. The molecule has 0 unspecified atom stereocenters. The lowest BCUT2D eigenvalue weighted by Gasteiger charge is -2.12. The molecule has 1 fully saturated rings. The summed E-state index contributed by atoms with van der Waals surface area (Å²) in [6, 6.07) is 16.9. The Morgan fingerprint density at radius 2 is 1.89 bits per heavy atom. The quantitative estimate of drug-likeness (QED) is 0.411. The van der Waals surface area contributed by atoms with Gasteiger partial charge >= 0.3 is 5.97 Å². The number of esters is 1. The van der Waals surface area contributed by atoms with Gasteiger partial charge in [0.05, 0.1) is 18.4 Å². The SMILES string of the molecule is COC(=O)CCN1C(=O)C(=Cc2cccc(Oc3ccccc3)c2)SC1=S. The summed E-state index contributed by atoms with van der Waals surface area (Å²) in [5, 5.41) is 0. The molecule has 0 atom stereocenters. The molecule has 1 amide bonds. The Labute approximate surface area is 167 Å². The average Bonchev–Trinajstić information content (AvgIpc) is 2.94. The van der Waals surface area contributed by atoms with Crippen LogP contribution in [0, 0.1) is 0 Å². The molecule has 0 N–H and O–H groups in total. The summed E-state index contributed by atoms with van der Waals surface area (Å²) in [4.78, 5) is 25.8. The number of nitrogens with zero attached hydrogens (tertiary/aromatic N) is 1. The molecule has 1 saturated heterocycles. The fraction of sp³-hybridized carbons (Fsp3) is 0.150. The first kappa shape index (κ1) is 19.1. The second-order valence-electron chi connectivity index (χ2n) is 5.65. The highest BCUT2D eigenvalue weighted by atomic mass is 32.2. The first-order chi connectivity index (χ1) is 13.1. The Morgan fingerprint density at radius 3 is 2.63 bits per heavy atom. The van der Waals surface area contributed by atoms with Gasteiger partial charge in [-0.1, -0.05) is 54.3 Å². The molecular weight excluding hydrogens is 382 g/mol. The Kier molecular flexibility index (Phi) is 6.26. The number of hydrogen-bond donors (Lipinski definition) is 0. The molecule has 1 aliphatic heterocycles. The second kappa shape index (κ2) is 8.83.